The Hall–Kier alpha value is -0.120. The second-order valence-corrected chi connectivity index (χ2v) is 4.22. The zero-order chi connectivity index (χ0) is 9.10. The Morgan fingerprint density at radius 2 is 2.15 bits per heavy atom. The number of nitrogens with zero attached hydrogens (tertiary/aromatic N) is 1. The van der Waals surface area contributed by atoms with Crippen LogP contribution in [0.15, 0.2) is 0 Å². The third kappa shape index (κ3) is 2.42. The van der Waals surface area contributed by atoms with Crippen molar-refractivity contribution in [2.24, 2.45) is 0 Å². The van der Waals surface area contributed by atoms with Gasteiger partial charge in [-0.25, -0.2) is 0 Å². The molecule has 0 aliphatic carbocycles. The molecule has 2 aliphatic rings. The van der Waals surface area contributed by atoms with Crippen LogP contribution in [-0.4, -0.2) is 50.3 Å². The Kier molecular flexibility index (Phi) is 3.19. The molecule has 76 valence electrons. The van der Waals surface area contributed by atoms with Crippen LogP contribution in [0.5, 0.6) is 0 Å². The van der Waals surface area contributed by atoms with E-state index >= 15 is 0 Å². The van der Waals surface area contributed by atoms with E-state index in [9.17, 15) is 0 Å². The molecule has 2 fully saturated rings. The fourth-order valence-corrected chi connectivity index (χ4v) is 2.44. The Labute approximate surface area is 80.4 Å². The molecule has 2 aliphatic heterocycles. The van der Waals surface area contributed by atoms with Gasteiger partial charge in [0.25, 0.3) is 0 Å². The van der Waals surface area contributed by atoms with E-state index in [0.29, 0.717) is 0 Å². The largest absolute Gasteiger partial charge is 0.383 e. The molecule has 0 spiro atoms. The minimum atomic E-state index is 0.754. The normalized spacial score (nSPS) is 34.8. The first-order valence-electron chi connectivity index (χ1n) is 5.36. The van der Waals surface area contributed by atoms with E-state index in [0.717, 1.165) is 25.2 Å². The van der Waals surface area contributed by atoms with Crippen LogP contribution in [0.2, 0.25) is 0 Å². The second kappa shape index (κ2) is 4.40. The van der Waals surface area contributed by atoms with Crippen LogP contribution in [-0.2, 0) is 4.74 Å². The fourth-order valence-electron chi connectivity index (χ4n) is 2.44. The number of hydrogen-bond acceptors (Lipinski definition) is 3. The van der Waals surface area contributed by atoms with E-state index in [1.807, 2.05) is 0 Å². The maximum absolute atomic E-state index is 5.10. The first-order chi connectivity index (χ1) is 6.38. The summed E-state index contributed by atoms with van der Waals surface area (Å²) in [6.45, 7) is 4.44. The molecule has 2 bridgehead atoms. The number of rotatable bonds is 3. The molecule has 2 heterocycles. The summed E-state index contributed by atoms with van der Waals surface area (Å²) in [5.41, 5.74) is 0. The predicted octanol–water partition coefficient (Wildman–Crippen LogP) is 0.459. The van der Waals surface area contributed by atoms with E-state index in [1.165, 1.54) is 32.4 Å². The number of nitrogens with one attached hydrogen (secondary N) is 1. The molecule has 3 heteroatoms. The van der Waals surface area contributed by atoms with Gasteiger partial charge in [-0.1, -0.05) is 0 Å². The first-order valence-corrected chi connectivity index (χ1v) is 5.36. The quantitative estimate of drug-likeness (QED) is 0.689. The van der Waals surface area contributed by atoms with Crippen molar-refractivity contribution < 1.29 is 4.74 Å². The standard InChI is InChI=1S/C10H20N2O/c1-13-7-6-12-5-4-9-2-3-10(8-12)11-9/h9-11H,2-8H2,1H3. The maximum atomic E-state index is 5.10. The van der Waals surface area contributed by atoms with Gasteiger partial charge in [0.1, 0.15) is 0 Å². The number of hydrogen-bond donors (Lipinski definition) is 1. The van der Waals surface area contributed by atoms with Crippen molar-refractivity contribution in [3.63, 3.8) is 0 Å². The van der Waals surface area contributed by atoms with Gasteiger partial charge < -0.3 is 10.1 Å². The van der Waals surface area contributed by atoms with Crippen LogP contribution in [0.1, 0.15) is 19.3 Å². The maximum Gasteiger partial charge on any atom is 0.0589 e. The van der Waals surface area contributed by atoms with Gasteiger partial charge in [0.05, 0.1) is 6.61 Å². The summed E-state index contributed by atoms with van der Waals surface area (Å²) < 4.78 is 5.10. The molecule has 1 N–H and O–H groups in total. The molecule has 2 rings (SSSR count). The van der Waals surface area contributed by atoms with E-state index in [4.69, 9.17) is 4.74 Å². The molecular formula is C10H20N2O. The van der Waals surface area contributed by atoms with Crippen molar-refractivity contribution in [3.05, 3.63) is 0 Å². The summed E-state index contributed by atoms with van der Waals surface area (Å²) in [7, 11) is 1.78. The molecule has 0 radical (unpaired) electrons. The van der Waals surface area contributed by atoms with E-state index in [2.05, 4.69) is 10.2 Å². The number of ether oxygens (including phenoxy) is 1. The van der Waals surface area contributed by atoms with Gasteiger partial charge in [-0.2, -0.15) is 0 Å². The molecule has 0 aromatic heterocycles. The summed E-state index contributed by atoms with van der Waals surface area (Å²) in [5, 5.41) is 3.68. The second-order valence-electron chi connectivity index (χ2n) is 4.22. The average molecular weight is 184 g/mol. The Balaban J connectivity index is 1.79. The van der Waals surface area contributed by atoms with Gasteiger partial charge in [-0.05, 0) is 25.8 Å². The molecule has 0 amide bonds. The van der Waals surface area contributed by atoms with Crippen LogP contribution in [0.25, 0.3) is 0 Å². The van der Waals surface area contributed by atoms with Crippen LogP contribution < -0.4 is 5.32 Å². The smallest absolute Gasteiger partial charge is 0.0589 e. The van der Waals surface area contributed by atoms with Gasteiger partial charge in [-0.3, -0.25) is 4.90 Å². The SMILES string of the molecule is COCCN1CCC2CCC(C1)N2. The van der Waals surface area contributed by atoms with Crippen molar-refractivity contribution in [1.29, 1.82) is 0 Å². The van der Waals surface area contributed by atoms with Crippen molar-refractivity contribution in [1.82, 2.24) is 10.2 Å². The van der Waals surface area contributed by atoms with Crippen LogP contribution in [0, 0.1) is 0 Å². The molecule has 2 atom stereocenters. The lowest BCUT2D eigenvalue weighted by Crippen LogP contribution is -2.36. The summed E-state index contributed by atoms with van der Waals surface area (Å²) in [6.07, 6.45) is 4.08. The molecule has 2 unspecified atom stereocenters. The summed E-state index contributed by atoms with van der Waals surface area (Å²) >= 11 is 0. The zero-order valence-electron chi connectivity index (χ0n) is 8.46. The minimum absolute atomic E-state index is 0.754. The molecule has 2 saturated heterocycles. The molecular weight excluding hydrogens is 164 g/mol. The summed E-state index contributed by atoms with van der Waals surface area (Å²) in [5.74, 6) is 0. The van der Waals surface area contributed by atoms with Crippen molar-refractivity contribution in [2.45, 2.75) is 31.3 Å². The third-order valence-electron chi connectivity index (χ3n) is 3.22. The molecule has 13 heavy (non-hydrogen) atoms. The number of methoxy groups -OCH3 is 1. The van der Waals surface area contributed by atoms with E-state index < -0.39 is 0 Å². The van der Waals surface area contributed by atoms with Crippen molar-refractivity contribution in [3.8, 4) is 0 Å². The lowest BCUT2D eigenvalue weighted by molar-refractivity contribution is 0.144. The topological polar surface area (TPSA) is 24.5 Å². The molecule has 3 nitrogen and oxygen atoms in total. The first kappa shape index (κ1) is 9.44. The lowest BCUT2D eigenvalue weighted by Gasteiger charge is -2.23. The van der Waals surface area contributed by atoms with Gasteiger partial charge in [0.15, 0.2) is 0 Å². The predicted molar refractivity (Wildman–Crippen MR) is 52.9 cm³/mol. The Morgan fingerprint density at radius 3 is 3.00 bits per heavy atom. The van der Waals surface area contributed by atoms with Gasteiger partial charge in [-0.15, -0.1) is 0 Å². The summed E-state index contributed by atoms with van der Waals surface area (Å²) in [4.78, 5) is 2.53. The molecule has 0 saturated carbocycles. The lowest BCUT2D eigenvalue weighted by atomic mass is 10.1. The summed E-state index contributed by atoms with van der Waals surface area (Å²) in [6, 6.07) is 1.56. The van der Waals surface area contributed by atoms with Crippen molar-refractivity contribution in [2.75, 3.05) is 33.4 Å². The molecule has 0 aromatic rings. The zero-order valence-corrected chi connectivity index (χ0v) is 8.46. The highest BCUT2D eigenvalue weighted by molar-refractivity contribution is 4.89. The highest BCUT2D eigenvalue weighted by atomic mass is 16.5. The number of likely N-dealkylation sites (tertiary alicyclic amines) is 1. The monoisotopic (exact) mass is 184 g/mol. The van der Waals surface area contributed by atoms with Crippen LogP contribution >= 0.6 is 0 Å². The van der Waals surface area contributed by atoms with Gasteiger partial charge >= 0.3 is 0 Å². The highest BCUT2D eigenvalue weighted by Gasteiger charge is 2.28. The van der Waals surface area contributed by atoms with Gasteiger partial charge in [0.2, 0.25) is 0 Å². The fraction of sp³-hybridized carbons (Fsp3) is 1.00. The van der Waals surface area contributed by atoms with Gasteiger partial charge in [0, 0.05) is 32.3 Å². The average Bonchev–Trinajstić information content (AvgIpc) is 2.45. The Morgan fingerprint density at radius 1 is 1.31 bits per heavy atom. The van der Waals surface area contributed by atoms with E-state index in [-0.39, 0.29) is 0 Å². The minimum Gasteiger partial charge on any atom is -0.383 e. The third-order valence-corrected chi connectivity index (χ3v) is 3.22. The van der Waals surface area contributed by atoms with E-state index in [1.54, 1.807) is 7.11 Å². The van der Waals surface area contributed by atoms with Crippen LogP contribution in [0.4, 0.5) is 0 Å². The molecule has 0 aromatic carbocycles. The van der Waals surface area contributed by atoms with Crippen molar-refractivity contribution >= 4 is 0 Å². The highest BCUT2D eigenvalue weighted by Crippen LogP contribution is 2.19. The van der Waals surface area contributed by atoms with Crippen LogP contribution in [0.3, 0.4) is 0 Å². The Bertz CT molecular complexity index is 163. The number of fused-ring (bicyclic) bond motifs is 2.